The molecule has 4 aromatic rings. The summed E-state index contributed by atoms with van der Waals surface area (Å²) >= 11 is 0. The molecule has 3 nitrogen and oxygen atoms in total. The summed E-state index contributed by atoms with van der Waals surface area (Å²) in [5, 5.41) is 23.5. The smallest absolute Gasteiger partial charge is 0.100 e. The molecular formula is C35H33N3. The predicted molar refractivity (Wildman–Crippen MR) is 158 cm³/mol. The molecule has 0 unspecified atom stereocenters. The first-order valence-corrected chi connectivity index (χ1v) is 13.6. The van der Waals surface area contributed by atoms with Crippen molar-refractivity contribution < 1.29 is 0 Å². The van der Waals surface area contributed by atoms with Crippen LogP contribution in [0.25, 0.3) is 33.7 Å². The zero-order valence-corrected chi connectivity index (χ0v) is 22.9. The Morgan fingerprint density at radius 1 is 0.684 bits per heavy atom. The third-order valence-corrected chi connectivity index (χ3v) is 8.91. The number of nitriles is 2. The van der Waals surface area contributed by atoms with Gasteiger partial charge in [0, 0.05) is 40.3 Å². The van der Waals surface area contributed by atoms with E-state index in [2.05, 4.69) is 81.2 Å². The fourth-order valence-corrected chi connectivity index (χ4v) is 6.46. The lowest BCUT2D eigenvalue weighted by Gasteiger charge is -2.48. The van der Waals surface area contributed by atoms with Crippen LogP contribution < -0.4 is 4.90 Å². The van der Waals surface area contributed by atoms with Crippen molar-refractivity contribution >= 4 is 39.4 Å². The highest BCUT2D eigenvalue weighted by Crippen LogP contribution is 2.49. The third kappa shape index (κ3) is 3.69. The SMILES string of the molecule is Cc1ccc2c(C#N)c3cc(C=Cc4cc5c6c(c4)C(C)(C)CCN6CCC5(C)C)ccc3c(C#N)c2c1. The van der Waals surface area contributed by atoms with Gasteiger partial charge in [0.05, 0.1) is 11.1 Å². The highest BCUT2D eigenvalue weighted by molar-refractivity contribution is 6.10. The minimum Gasteiger partial charge on any atom is -0.371 e. The molecule has 38 heavy (non-hydrogen) atoms. The predicted octanol–water partition coefficient (Wildman–Crippen LogP) is 8.38. The molecule has 2 aliphatic rings. The van der Waals surface area contributed by atoms with E-state index in [9.17, 15) is 10.5 Å². The van der Waals surface area contributed by atoms with E-state index in [0.29, 0.717) is 11.1 Å². The molecule has 0 N–H and O–H groups in total. The summed E-state index contributed by atoms with van der Waals surface area (Å²) in [6.45, 7) is 13.8. The topological polar surface area (TPSA) is 50.8 Å². The van der Waals surface area contributed by atoms with E-state index in [1.807, 2.05) is 31.2 Å². The maximum atomic E-state index is 10.1. The summed E-state index contributed by atoms with van der Waals surface area (Å²) in [6, 6.07) is 21.7. The molecule has 2 heterocycles. The molecular weight excluding hydrogens is 462 g/mol. The maximum absolute atomic E-state index is 10.1. The fraction of sp³-hybridized carbons (Fsp3) is 0.314. The highest BCUT2D eigenvalue weighted by Gasteiger charge is 2.39. The van der Waals surface area contributed by atoms with Crippen molar-refractivity contribution in [1.29, 1.82) is 10.5 Å². The second-order valence-corrected chi connectivity index (χ2v) is 12.4. The van der Waals surface area contributed by atoms with Gasteiger partial charge in [-0.1, -0.05) is 75.7 Å². The number of anilines is 1. The first-order chi connectivity index (χ1) is 18.1. The van der Waals surface area contributed by atoms with Crippen LogP contribution in [-0.4, -0.2) is 13.1 Å². The van der Waals surface area contributed by atoms with Gasteiger partial charge in [0.25, 0.3) is 0 Å². The van der Waals surface area contributed by atoms with E-state index >= 15 is 0 Å². The Balaban J connectivity index is 1.49. The summed E-state index contributed by atoms with van der Waals surface area (Å²) < 4.78 is 0. The molecule has 0 atom stereocenters. The molecule has 0 radical (unpaired) electrons. The second kappa shape index (κ2) is 8.47. The second-order valence-electron chi connectivity index (χ2n) is 12.4. The Hall–Kier alpha value is -4.08. The number of hydrogen-bond acceptors (Lipinski definition) is 3. The average molecular weight is 496 g/mol. The number of aryl methyl sites for hydroxylation is 1. The van der Waals surface area contributed by atoms with Gasteiger partial charge in [0.15, 0.2) is 0 Å². The van der Waals surface area contributed by atoms with Gasteiger partial charge in [0.1, 0.15) is 12.1 Å². The summed E-state index contributed by atoms with van der Waals surface area (Å²) in [5.74, 6) is 0. The molecule has 0 amide bonds. The standard InChI is InChI=1S/C35H33N3/c1-22-6-10-25-27(16-22)29(20-36)26-11-9-23(17-28(26)30(25)21-37)7-8-24-18-31-33-32(19-24)35(4,5)13-15-38(33)14-12-34(31,2)3/h6-11,16-19H,12-15H2,1-5H3. The summed E-state index contributed by atoms with van der Waals surface area (Å²) in [5.41, 5.74) is 9.26. The van der Waals surface area contributed by atoms with E-state index in [0.717, 1.165) is 45.8 Å². The van der Waals surface area contributed by atoms with Crippen molar-refractivity contribution in [3.05, 3.63) is 87.5 Å². The normalized spacial score (nSPS) is 17.4. The van der Waals surface area contributed by atoms with Gasteiger partial charge in [0.2, 0.25) is 0 Å². The van der Waals surface area contributed by atoms with Gasteiger partial charge in [-0.15, -0.1) is 0 Å². The lowest BCUT2D eigenvalue weighted by atomic mass is 9.69. The van der Waals surface area contributed by atoms with E-state index in [1.54, 1.807) is 0 Å². The average Bonchev–Trinajstić information content (AvgIpc) is 2.89. The number of benzene rings is 4. The molecule has 0 spiro atoms. The van der Waals surface area contributed by atoms with Crippen molar-refractivity contribution in [3.8, 4) is 12.1 Å². The lowest BCUT2D eigenvalue weighted by Crippen LogP contribution is -2.44. The van der Waals surface area contributed by atoms with Gasteiger partial charge in [-0.25, -0.2) is 0 Å². The van der Waals surface area contributed by atoms with Crippen LogP contribution in [0.15, 0.2) is 48.5 Å². The zero-order valence-electron chi connectivity index (χ0n) is 22.9. The molecule has 188 valence electrons. The van der Waals surface area contributed by atoms with E-state index in [1.165, 1.54) is 35.2 Å². The van der Waals surface area contributed by atoms with Gasteiger partial charge >= 0.3 is 0 Å². The van der Waals surface area contributed by atoms with Crippen LogP contribution in [0, 0.1) is 29.6 Å². The zero-order chi connectivity index (χ0) is 26.8. The van der Waals surface area contributed by atoms with Crippen molar-refractivity contribution in [2.45, 2.75) is 58.3 Å². The molecule has 0 aliphatic carbocycles. The van der Waals surface area contributed by atoms with Crippen LogP contribution in [0.1, 0.15) is 79.5 Å². The highest BCUT2D eigenvalue weighted by atomic mass is 15.2. The van der Waals surface area contributed by atoms with E-state index in [-0.39, 0.29) is 10.8 Å². The molecule has 0 fully saturated rings. The van der Waals surface area contributed by atoms with Gasteiger partial charge in [-0.05, 0) is 71.0 Å². The minimum atomic E-state index is 0.148. The Kier molecular flexibility index (Phi) is 5.41. The summed E-state index contributed by atoms with van der Waals surface area (Å²) in [7, 11) is 0. The van der Waals surface area contributed by atoms with Gasteiger partial charge < -0.3 is 4.90 Å². The Labute approximate surface area is 225 Å². The van der Waals surface area contributed by atoms with Crippen molar-refractivity contribution in [3.63, 3.8) is 0 Å². The van der Waals surface area contributed by atoms with Crippen LogP contribution in [0.5, 0.6) is 0 Å². The van der Waals surface area contributed by atoms with E-state index < -0.39 is 0 Å². The molecule has 3 heteroatoms. The Morgan fingerprint density at radius 3 is 1.79 bits per heavy atom. The first kappa shape index (κ1) is 24.3. The number of fused-ring (bicyclic) bond motifs is 2. The summed E-state index contributed by atoms with van der Waals surface area (Å²) in [4.78, 5) is 2.60. The Morgan fingerprint density at radius 2 is 1.21 bits per heavy atom. The molecule has 4 aromatic carbocycles. The van der Waals surface area contributed by atoms with Gasteiger partial charge in [-0.2, -0.15) is 10.5 Å². The quantitative estimate of drug-likeness (QED) is 0.207. The van der Waals surface area contributed by atoms with Gasteiger partial charge in [-0.3, -0.25) is 0 Å². The monoisotopic (exact) mass is 495 g/mol. The third-order valence-electron chi connectivity index (χ3n) is 8.91. The largest absolute Gasteiger partial charge is 0.371 e. The maximum Gasteiger partial charge on any atom is 0.100 e. The van der Waals surface area contributed by atoms with Crippen molar-refractivity contribution in [1.82, 2.24) is 0 Å². The van der Waals surface area contributed by atoms with Crippen LogP contribution in [0.2, 0.25) is 0 Å². The van der Waals surface area contributed by atoms with Crippen LogP contribution in [0.4, 0.5) is 5.69 Å². The molecule has 0 aromatic heterocycles. The summed E-state index contributed by atoms with van der Waals surface area (Å²) in [6.07, 6.45) is 6.69. The molecule has 0 saturated heterocycles. The fourth-order valence-electron chi connectivity index (χ4n) is 6.46. The van der Waals surface area contributed by atoms with Crippen LogP contribution in [0.3, 0.4) is 0 Å². The first-order valence-electron chi connectivity index (χ1n) is 13.6. The molecule has 0 bridgehead atoms. The number of hydrogen-bond donors (Lipinski definition) is 0. The van der Waals surface area contributed by atoms with E-state index in [4.69, 9.17) is 0 Å². The van der Waals surface area contributed by atoms with Crippen LogP contribution >= 0.6 is 0 Å². The number of nitrogens with zero attached hydrogens (tertiary/aromatic N) is 3. The molecule has 0 saturated carbocycles. The molecule has 2 aliphatic heterocycles. The minimum absolute atomic E-state index is 0.148. The van der Waals surface area contributed by atoms with Crippen molar-refractivity contribution in [2.24, 2.45) is 0 Å². The molecule has 6 rings (SSSR count). The number of rotatable bonds is 2. The van der Waals surface area contributed by atoms with Crippen molar-refractivity contribution in [2.75, 3.05) is 18.0 Å². The van der Waals surface area contributed by atoms with Crippen LogP contribution in [-0.2, 0) is 10.8 Å². The lowest BCUT2D eigenvalue weighted by molar-refractivity contribution is 0.401. The Bertz CT molecular complexity index is 1710.